The Morgan fingerprint density at radius 1 is 1.10 bits per heavy atom. The SMILES string of the molecule is CC(Sc1nnnn1-c1ccc(Cl)cc1)c1nnc(-c2ccc([N+](=O)[O-])cc2)o1. The fraction of sp³-hybridized carbons (Fsp3) is 0.118. The topological polar surface area (TPSA) is 126 Å². The highest BCUT2D eigenvalue weighted by molar-refractivity contribution is 7.99. The molecule has 0 aliphatic rings. The van der Waals surface area contributed by atoms with Gasteiger partial charge in [0.25, 0.3) is 5.69 Å². The molecule has 0 radical (unpaired) electrons. The number of hydrogen-bond donors (Lipinski definition) is 0. The number of thioether (sulfide) groups is 1. The Bertz CT molecular complexity index is 1140. The molecule has 146 valence electrons. The Kier molecular flexibility index (Phi) is 5.23. The summed E-state index contributed by atoms with van der Waals surface area (Å²) in [5.41, 5.74) is 1.36. The van der Waals surface area contributed by atoms with E-state index in [1.54, 1.807) is 28.9 Å². The van der Waals surface area contributed by atoms with Crippen molar-refractivity contribution in [2.75, 3.05) is 0 Å². The number of nitrogens with zero attached hydrogens (tertiary/aromatic N) is 7. The fourth-order valence-corrected chi connectivity index (χ4v) is 3.41. The van der Waals surface area contributed by atoms with Crippen LogP contribution in [0.3, 0.4) is 0 Å². The quantitative estimate of drug-likeness (QED) is 0.252. The first-order valence-corrected chi connectivity index (χ1v) is 9.56. The summed E-state index contributed by atoms with van der Waals surface area (Å²) >= 11 is 7.28. The number of non-ortho nitro benzene ring substituents is 1. The van der Waals surface area contributed by atoms with Crippen molar-refractivity contribution in [1.29, 1.82) is 0 Å². The van der Waals surface area contributed by atoms with Gasteiger partial charge in [-0.25, -0.2) is 0 Å². The second-order valence-corrected chi connectivity index (χ2v) is 7.60. The van der Waals surface area contributed by atoms with E-state index in [1.807, 2.05) is 19.1 Å². The van der Waals surface area contributed by atoms with Crippen molar-refractivity contribution < 1.29 is 9.34 Å². The lowest BCUT2D eigenvalue weighted by Gasteiger charge is -2.07. The fourth-order valence-electron chi connectivity index (χ4n) is 2.45. The molecule has 2 heterocycles. The summed E-state index contributed by atoms with van der Waals surface area (Å²) in [7, 11) is 0. The van der Waals surface area contributed by atoms with Crippen LogP contribution in [0.2, 0.25) is 5.02 Å². The summed E-state index contributed by atoms with van der Waals surface area (Å²) in [6.07, 6.45) is 0. The molecule has 0 aliphatic heterocycles. The Hall–Kier alpha value is -3.31. The van der Waals surface area contributed by atoms with Gasteiger partial charge in [-0.05, 0) is 53.7 Å². The van der Waals surface area contributed by atoms with Crippen LogP contribution in [0.25, 0.3) is 17.1 Å². The van der Waals surface area contributed by atoms with Crippen molar-refractivity contribution in [3.8, 4) is 17.1 Å². The van der Waals surface area contributed by atoms with Gasteiger partial charge in [0.15, 0.2) is 0 Å². The first kappa shape index (κ1) is 19.0. The lowest BCUT2D eigenvalue weighted by atomic mass is 10.2. The minimum atomic E-state index is -0.466. The van der Waals surface area contributed by atoms with E-state index in [2.05, 4.69) is 25.7 Å². The minimum absolute atomic E-state index is 0.00792. The maximum absolute atomic E-state index is 10.8. The standard InChI is InChI=1S/C17H12ClN7O3S/c1-10(29-17-21-22-23-24(17)13-8-4-12(18)5-9-13)15-19-20-16(28-15)11-2-6-14(7-3-11)25(26)27/h2-10H,1H3. The molecular formula is C17H12ClN7O3S. The zero-order valence-electron chi connectivity index (χ0n) is 14.8. The third kappa shape index (κ3) is 4.10. The highest BCUT2D eigenvalue weighted by Gasteiger charge is 2.20. The Morgan fingerprint density at radius 2 is 1.83 bits per heavy atom. The summed E-state index contributed by atoms with van der Waals surface area (Å²) in [4.78, 5) is 10.3. The molecule has 10 nitrogen and oxygen atoms in total. The van der Waals surface area contributed by atoms with E-state index >= 15 is 0 Å². The first-order chi connectivity index (χ1) is 14.0. The van der Waals surface area contributed by atoms with Crippen molar-refractivity contribution in [2.24, 2.45) is 0 Å². The predicted octanol–water partition coefficient (Wildman–Crippen LogP) is 4.13. The highest BCUT2D eigenvalue weighted by Crippen LogP contribution is 2.34. The van der Waals surface area contributed by atoms with Crippen LogP contribution in [-0.4, -0.2) is 35.3 Å². The molecular weight excluding hydrogens is 418 g/mol. The van der Waals surface area contributed by atoms with Gasteiger partial charge < -0.3 is 4.42 Å². The van der Waals surface area contributed by atoms with Crippen LogP contribution >= 0.6 is 23.4 Å². The Labute approximate surface area is 173 Å². The molecule has 0 aliphatic carbocycles. The molecule has 2 aromatic carbocycles. The number of halogens is 1. The summed E-state index contributed by atoms with van der Waals surface area (Å²) in [6.45, 7) is 1.89. The van der Waals surface area contributed by atoms with Crippen LogP contribution in [0.4, 0.5) is 5.69 Å². The minimum Gasteiger partial charge on any atom is -0.419 e. The monoisotopic (exact) mass is 429 g/mol. The van der Waals surface area contributed by atoms with E-state index in [0.29, 0.717) is 21.6 Å². The molecule has 0 spiro atoms. The summed E-state index contributed by atoms with van der Waals surface area (Å²) in [6, 6.07) is 13.0. The van der Waals surface area contributed by atoms with Gasteiger partial charge in [0.05, 0.1) is 15.9 Å². The molecule has 2 aromatic heterocycles. The average Bonchev–Trinajstić information content (AvgIpc) is 3.38. The molecule has 4 rings (SSSR count). The lowest BCUT2D eigenvalue weighted by Crippen LogP contribution is -2.00. The van der Waals surface area contributed by atoms with Crippen LogP contribution in [0.1, 0.15) is 18.1 Å². The largest absolute Gasteiger partial charge is 0.419 e. The molecule has 0 saturated carbocycles. The molecule has 0 fully saturated rings. The zero-order chi connectivity index (χ0) is 20.4. The molecule has 0 saturated heterocycles. The van der Waals surface area contributed by atoms with E-state index in [0.717, 1.165) is 5.69 Å². The third-order valence-corrected chi connectivity index (χ3v) is 5.18. The van der Waals surface area contributed by atoms with E-state index in [-0.39, 0.29) is 16.8 Å². The summed E-state index contributed by atoms with van der Waals surface area (Å²) < 4.78 is 7.32. The van der Waals surface area contributed by atoms with Crippen LogP contribution in [0, 0.1) is 10.1 Å². The predicted molar refractivity (Wildman–Crippen MR) is 105 cm³/mol. The van der Waals surface area contributed by atoms with Crippen molar-refractivity contribution in [2.45, 2.75) is 17.3 Å². The van der Waals surface area contributed by atoms with Gasteiger partial charge in [0.1, 0.15) is 0 Å². The van der Waals surface area contributed by atoms with E-state index in [9.17, 15) is 10.1 Å². The molecule has 29 heavy (non-hydrogen) atoms. The van der Waals surface area contributed by atoms with Crippen LogP contribution in [-0.2, 0) is 0 Å². The molecule has 0 N–H and O–H groups in total. The van der Waals surface area contributed by atoms with Gasteiger partial charge in [-0.1, -0.05) is 23.4 Å². The molecule has 4 aromatic rings. The number of nitro benzene ring substituents is 1. The smallest absolute Gasteiger partial charge is 0.269 e. The highest BCUT2D eigenvalue weighted by atomic mass is 35.5. The van der Waals surface area contributed by atoms with Crippen molar-refractivity contribution >= 4 is 29.1 Å². The Balaban J connectivity index is 1.52. The third-order valence-electron chi connectivity index (χ3n) is 3.91. The molecule has 1 atom stereocenters. The number of benzene rings is 2. The van der Waals surface area contributed by atoms with Gasteiger partial charge in [0, 0.05) is 22.7 Å². The van der Waals surface area contributed by atoms with Gasteiger partial charge in [-0.15, -0.1) is 15.3 Å². The second kappa shape index (κ2) is 7.97. The number of rotatable bonds is 6. The van der Waals surface area contributed by atoms with Crippen LogP contribution in [0.5, 0.6) is 0 Å². The number of tetrazole rings is 1. The van der Waals surface area contributed by atoms with E-state index in [1.165, 1.54) is 23.9 Å². The number of nitro groups is 1. The van der Waals surface area contributed by atoms with Crippen molar-refractivity contribution in [3.05, 3.63) is 69.6 Å². The molecule has 1 unspecified atom stereocenters. The normalized spacial score (nSPS) is 12.1. The van der Waals surface area contributed by atoms with Gasteiger partial charge >= 0.3 is 0 Å². The zero-order valence-corrected chi connectivity index (χ0v) is 16.4. The second-order valence-electron chi connectivity index (χ2n) is 5.86. The van der Waals surface area contributed by atoms with Gasteiger partial charge in [-0.3, -0.25) is 10.1 Å². The summed E-state index contributed by atoms with van der Waals surface area (Å²) in [5.74, 6) is 0.661. The average molecular weight is 430 g/mol. The van der Waals surface area contributed by atoms with E-state index in [4.69, 9.17) is 16.0 Å². The number of aromatic nitrogens is 6. The lowest BCUT2D eigenvalue weighted by molar-refractivity contribution is -0.384. The van der Waals surface area contributed by atoms with Crippen molar-refractivity contribution in [3.63, 3.8) is 0 Å². The number of hydrogen-bond acceptors (Lipinski definition) is 9. The maximum atomic E-state index is 10.8. The van der Waals surface area contributed by atoms with Crippen LogP contribution in [0.15, 0.2) is 58.1 Å². The Morgan fingerprint density at radius 3 is 2.52 bits per heavy atom. The first-order valence-electron chi connectivity index (χ1n) is 8.30. The summed E-state index contributed by atoms with van der Waals surface area (Å²) in [5, 5.41) is 31.6. The maximum Gasteiger partial charge on any atom is 0.269 e. The molecule has 12 heteroatoms. The molecule has 0 amide bonds. The van der Waals surface area contributed by atoms with Gasteiger partial charge in [-0.2, -0.15) is 4.68 Å². The van der Waals surface area contributed by atoms with E-state index < -0.39 is 4.92 Å². The molecule has 0 bridgehead atoms. The van der Waals surface area contributed by atoms with Crippen molar-refractivity contribution in [1.82, 2.24) is 30.4 Å². The van der Waals surface area contributed by atoms with Gasteiger partial charge in [0.2, 0.25) is 16.9 Å². The van der Waals surface area contributed by atoms with Crippen LogP contribution < -0.4 is 0 Å².